The highest BCUT2D eigenvalue weighted by Gasteiger charge is 2.19. The van der Waals surface area contributed by atoms with Crippen LogP contribution < -0.4 is 4.74 Å². The second kappa shape index (κ2) is 6.65. The van der Waals surface area contributed by atoms with Crippen molar-refractivity contribution < 1.29 is 4.74 Å². The van der Waals surface area contributed by atoms with Gasteiger partial charge in [0.15, 0.2) is 0 Å². The first-order chi connectivity index (χ1) is 8.69. The first-order valence-electron chi connectivity index (χ1n) is 6.53. The quantitative estimate of drug-likeness (QED) is 0.821. The molecule has 0 aromatic heterocycles. The summed E-state index contributed by atoms with van der Waals surface area (Å²) in [5.74, 6) is 0.818. The highest BCUT2D eigenvalue weighted by molar-refractivity contribution is 6.42. The monoisotopic (exact) mass is 287 g/mol. The lowest BCUT2D eigenvalue weighted by molar-refractivity contribution is 0.101. The van der Waals surface area contributed by atoms with Crippen molar-refractivity contribution >= 4 is 23.2 Å². The lowest BCUT2D eigenvalue weighted by atomic mass is 10.1. The predicted octanol–water partition coefficient (Wildman–Crippen LogP) is 4.25. The molecule has 0 radical (unpaired) electrons. The van der Waals surface area contributed by atoms with E-state index in [1.807, 2.05) is 6.07 Å². The molecule has 0 amide bonds. The van der Waals surface area contributed by atoms with Crippen molar-refractivity contribution in [3.05, 3.63) is 28.2 Å². The Kier molecular flexibility index (Phi) is 5.16. The number of ether oxygens (including phenoxy) is 1. The van der Waals surface area contributed by atoms with Gasteiger partial charge in [-0.2, -0.15) is 0 Å². The summed E-state index contributed by atoms with van der Waals surface area (Å²) < 4.78 is 5.95. The third-order valence-corrected chi connectivity index (χ3v) is 4.01. The van der Waals surface area contributed by atoms with Crippen molar-refractivity contribution in [3.63, 3.8) is 0 Å². The summed E-state index contributed by atoms with van der Waals surface area (Å²) in [6, 6.07) is 5.46. The Morgan fingerprint density at radius 1 is 1.22 bits per heavy atom. The van der Waals surface area contributed by atoms with E-state index in [1.165, 1.54) is 13.0 Å². The predicted molar refractivity (Wildman–Crippen MR) is 76.8 cm³/mol. The van der Waals surface area contributed by atoms with Crippen molar-refractivity contribution in [2.45, 2.75) is 32.3 Å². The van der Waals surface area contributed by atoms with E-state index in [2.05, 4.69) is 11.8 Å². The van der Waals surface area contributed by atoms with E-state index in [9.17, 15) is 0 Å². The van der Waals surface area contributed by atoms with E-state index in [0.29, 0.717) is 16.1 Å². The van der Waals surface area contributed by atoms with Crippen molar-refractivity contribution in [2.75, 3.05) is 19.6 Å². The molecule has 0 N–H and O–H groups in total. The standard InChI is InChI=1S/C14H19Cl2NO/c1-2-7-17-8-5-11(6-9-17)18-12-3-4-13(15)14(16)10-12/h3-4,10-11H,2,5-9H2,1H3. The molecule has 0 spiro atoms. The zero-order chi connectivity index (χ0) is 13.0. The van der Waals surface area contributed by atoms with Gasteiger partial charge in [0.2, 0.25) is 0 Å². The minimum absolute atomic E-state index is 0.301. The molecule has 1 aliphatic rings. The number of benzene rings is 1. The number of halogens is 2. The third kappa shape index (κ3) is 3.78. The molecule has 4 heteroatoms. The largest absolute Gasteiger partial charge is 0.490 e. The van der Waals surface area contributed by atoms with E-state index in [-0.39, 0.29) is 0 Å². The molecular formula is C14H19Cl2NO. The average molecular weight is 288 g/mol. The molecule has 1 heterocycles. The van der Waals surface area contributed by atoms with Crippen LogP contribution in [0.5, 0.6) is 5.75 Å². The first-order valence-corrected chi connectivity index (χ1v) is 7.28. The average Bonchev–Trinajstić information content (AvgIpc) is 2.37. The maximum absolute atomic E-state index is 5.98. The van der Waals surface area contributed by atoms with Crippen LogP contribution in [0.15, 0.2) is 18.2 Å². The molecule has 0 unspecified atom stereocenters. The van der Waals surface area contributed by atoms with Gasteiger partial charge in [0, 0.05) is 19.2 Å². The van der Waals surface area contributed by atoms with Crippen molar-refractivity contribution in [3.8, 4) is 5.75 Å². The van der Waals surface area contributed by atoms with Crippen LogP contribution in [-0.2, 0) is 0 Å². The fourth-order valence-electron chi connectivity index (χ4n) is 2.31. The summed E-state index contributed by atoms with van der Waals surface area (Å²) in [5.41, 5.74) is 0. The SMILES string of the molecule is CCCN1CCC(Oc2ccc(Cl)c(Cl)c2)CC1. The van der Waals surface area contributed by atoms with Gasteiger partial charge in [0.05, 0.1) is 10.0 Å². The maximum Gasteiger partial charge on any atom is 0.121 e. The normalized spacial score (nSPS) is 17.9. The molecule has 1 aromatic rings. The van der Waals surface area contributed by atoms with Gasteiger partial charge in [0.1, 0.15) is 11.9 Å². The smallest absolute Gasteiger partial charge is 0.121 e. The van der Waals surface area contributed by atoms with Gasteiger partial charge in [-0.3, -0.25) is 0 Å². The molecule has 1 saturated heterocycles. The van der Waals surface area contributed by atoms with E-state index in [1.54, 1.807) is 12.1 Å². The molecule has 2 rings (SSSR count). The van der Waals surface area contributed by atoms with Crippen LogP contribution in [-0.4, -0.2) is 30.6 Å². The van der Waals surface area contributed by atoms with Crippen LogP contribution in [0.2, 0.25) is 10.0 Å². The Morgan fingerprint density at radius 2 is 1.94 bits per heavy atom. The number of nitrogens with zero attached hydrogens (tertiary/aromatic N) is 1. The summed E-state index contributed by atoms with van der Waals surface area (Å²) in [6.45, 7) is 5.66. The number of hydrogen-bond acceptors (Lipinski definition) is 2. The number of piperidine rings is 1. The van der Waals surface area contributed by atoms with Gasteiger partial charge in [-0.1, -0.05) is 30.1 Å². The van der Waals surface area contributed by atoms with Crippen LogP contribution in [0.1, 0.15) is 26.2 Å². The first kappa shape index (κ1) is 14.0. The summed E-state index contributed by atoms with van der Waals surface area (Å²) in [6.07, 6.45) is 3.69. The molecule has 1 fully saturated rings. The molecule has 1 aliphatic heterocycles. The highest BCUT2D eigenvalue weighted by atomic mass is 35.5. The fourth-order valence-corrected chi connectivity index (χ4v) is 2.60. The number of likely N-dealkylation sites (tertiary alicyclic amines) is 1. The van der Waals surface area contributed by atoms with E-state index >= 15 is 0 Å². The van der Waals surface area contributed by atoms with Gasteiger partial charge >= 0.3 is 0 Å². The Hall–Kier alpha value is -0.440. The van der Waals surface area contributed by atoms with Crippen LogP contribution >= 0.6 is 23.2 Å². The Labute approximate surface area is 119 Å². The summed E-state index contributed by atoms with van der Waals surface area (Å²) in [5, 5.41) is 1.12. The van der Waals surface area contributed by atoms with Gasteiger partial charge in [-0.25, -0.2) is 0 Å². The molecule has 100 valence electrons. The molecule has 0 atom stereocenters. The zero-order valence-electron chi connectivity index (χ0n) is 10.7. The Bertz CT molecular complexity index is 389. The fraction of sp³-hybridized carbons (Fsp3) is 0.571. The summed E-state index contributed by atoms with van der Waals surface area (Å²) in [7, 11) is 0. The van der Waals surface area contributed by atoms with Crippen LogP contribution in [0.25, 0.3) is 0 Å². The van der Waals surface area contributed by atoms with Crippen LogP contribution in [0, 0.1) is 0 Å². The Morgan fingerprint density at radius 3 is 2.56 bits per heavy atom. The maximum atomic E-state index is 5.98. The van der Waals surface area contributed by atoms with Crippen molar-refractivity contribution in [1.29, 1.82) is 0 Å². The molecule has 1 aromatic carbocycles. The van der Waals surface area contributed by atoms with Crippen molar-refractivity contribution in [2.24, 2.45) is 0 Å². The lowest BCUT2D eigenvalue weighted by Crippen LogP contribution is -2.38. The molecular weight excluding hydrogens is 269 g/mol. The second-order valence-corrected chi connectivity index (χ2v) is 5.55. The molecule has 0 aliphatic carbocycles. The topological polar surface area (TPSA) is 12.5 Å². The minimum atomic E-state index is 0.301. The number of rotatable bonds is 4. The minimum Gasteiger partial charge on any atom is -0.490 e. The highest BCUT2D eigenvalue weighted by Crippen LogP contribution is 2.28. The summed E-state index contributed by atoms with van der Waals surface area (Å²) >= 11 is 11.9. The second-order valence-electron chi connectivity index (χ2n) is 4.73. The van der Waals surface area contributed by atoms with Gasteiger partial charge < -0.3 is 9.64 Å². The van der Waals surface area contributed by atoms with Crippen LogP contribution in [0.4, 0.5) is 0 Å². The van der Waals surface area contributed by atoms with Gasteiger partial charge in [-0.15, -0.1) is 0 Å². The molecule has 0 saturated carbocycles. The van der Waals surface area contributed by atoms with E-state index in [4.69, 9.17) is 27.9 Å². The molecule has 18 heavy (non-hydrogen) atoms. The summed E-state index contributed by atoms with van der Waals surface area (Å²) in [4.78, 5) is 2.49. The van der Waals surface area contributed by atoms with Gasteiger partial charge in [-0.05, 0) is 37.9 Å². The molecule has 0 bridgehead atoms. The lowest BCUT2D eigenvalue weighted by Gasteiger charge is -2.31. The zero-order valence-corrected chi connectivity index (χ0v) is 12.2. The van der Waals surface area contributed by atoms with E-state index in [0.717, 1.165) is 31.7 Å². The molecule has 2 nitrogen and oxygen atoms in total. The van der Waals surface area contributed by atoms with Gasteiger partial charge in [0.25, 0.3) is 0 Å². The van der Waals surface area contributed by atoms with E-state index < -0.39 is 0 Å². The number of hydrogen-bond donors (Lipinski definition) is 0. The van der Waals surface area contributed by atoms with Crippen molar-refractivity contribution in [1.82, 2.24) is 4.90 Å². The third-order valence-electron chi connectivity index (χ3n) is 3.27. The Balaban J connectivity index is 1.85. The van der Waals surface area contributed by atoms with Crippen LogP contribution in [0.3, 0.4) is 0 Å².